The maximum absolute atomic E-state index is 6.30. The maximum Gasteiger partial charge on any atom is 0.151 e. The van der Waals surface area contributed by atoms with Gasteiger partial charge in [-0.05, 0) is 114 Å². The Kier molecular flexibility index (Phi) is 8.92. The van der Waals surface area contributed by atoms with Crippen molar-refractivity contribution in [2.24, 2.45) is 5.92 Å². The molecule has 0 bridgehead atoms. The molecule has 4 nitrogen and oxygen atoms in total. The van der Waals surface area contributed by atoms with Crippen molar-refractivity contribution in [1.29, 1.82) is 0 Å². The molecule has 58 heavy (non-hydrogen) atoms. The lowest BCUT2D eigenvalue weighted by molar-refractivity contribution is 0.414. The first-order valence-corrected chi connectivity index (χ1v) is 20.1. The second-order valence-corrected chi connectivity index (χ2v) is 15.4. The summed E-state index contributed by atoms with van der Waals surface area (Å²) in [6.45, 7) is 4.28. The Bertz CT molecular complexity index is 2800. The fraction of sp³-hybridized carbons (Fsp3) is 0.111. The zero-order valence-electron chi connectivity index (χ0n) is 32.7. The van der Waals surface area contributed by atoms with Gasteiger partial charge in [-0.2, -0.15) is 0 Å². The minimum atomic E-state index is 0.0279. The third-order valence-corrected chi connectivity index (χ3v) is 11.8. The van der Waals surface area contributed by atoms with E-state index in [9.17, 15) is 0 Å². The summed E-state index contributed by atoms with van der Waals surface area (Å²) >= 11 is 0. The van der Waals surface area contributed by atoms with Gasteiger partial charge in [-0.3, -0.25) is 0 Å². The lowest BCUT2D eigenvalue weighted by Crippen LogP contribution is -2.34. The van der Waals surface area contributed by atoms with Crippen LogP contribution in [0.25, 0.3) is 16.3 Å². The van der Waals surface area contributed by atoms with E-state index in [0.29, 0.717) is 5.92 Å². The number of hydrogen-bond donors (Lipinski definition) is 0. The molecular weight excluding hydrogens is 707 g/mol. The molecule has 4 aliphatic rings. The van der Waals surface area contributed by atoms with Gasteiger partial charge >= 0.3 is 0 Å². The summed E-state index contributed by atoms with van der Waals surface area (Å²) < 4.78 is 6.30. The molecule has 0 radical (unpaired) electrons. The second kappa shape index (κ2) is 14.7. The third kappa shape index (κ3) is 6.04. The van der Waals surface area contributed by atoms with Gasteiger partial charge in [0.05, 0.1) is 29.0 Å². The Morgan fingerprint density at radius 3 is 2.36 bits per heavy atom. The van der Waals surface area contributed by atoms with Crippen LogP contribution in [0.2, 0.25) is 0 Å². The van der Waals surface area contributed by atoms with E-state index in [4.69, 9.17) is 11.2 Å². The van der Waals surface area contributed by atoms with Crippen LogP contribution in [0, 0.1) is 18.3 Å². The monoisotopic (exact) mass is 749 g/mol. The van der Waals surface area contributed by atoms with Gasteiger partial charge in [-0.25, -0.2) is 0 Å². The van der Waals surface area contributed by atoms with Crippen LogP contribution >= 0.6 is 0 Å². The van der Waals surface area contributed by atoms with E-state index in [1.807, 2.05) is 31.2 Å². The molecule has 2 heterocycles. The lowest BCUT2D eigenvalue weighted by Gasteiger charge is -2.38. The molecule has 2 unspecified atom stereocenters. The minimum absolute atomic E-state index is 0.0279. The van der Waals surface area contributed by atoms with E-state index in [1.165, 1.54) is 44.5 Å². The van der Waals surface area contributed by atoms with Gasteiger partial charge < -0.3 is 19.4 Å². The molecule has 6 aromatic carbocycles. The van der Waals surface area contributed by atoms with Gasteiger partial charge in [-0.1, -0.05) is 128 Å². The van der Waals surface area contributed by atoms with Crippen molar-refractivity contribution in [2.75, 3.05) is 14.7 Å². The molecule has 0 fully saturated rings. The highest BCUT2D eigenvalue weighted by atomic mass is 16.5. The number of terminal acetylenes is 1. The molecular formula is C54H43N3O. The van der Waals surface area contributed by atoms with Gasteiger partial charge in [0.15, 0.2) is 5.75 Å². The van der Waals surface area contributed by atoms with E-state index in [2.05, 4.69) is 185 Å². The zero-order valence-corrected chi connectivity index (χ0v) is 32.7. The zero-order chi connectivity index (χ0) is 39.2. The van der Waals surface area contributed by atoms with Crippen LogP contribution in [0.5, 0.6) is 5.75 Å². The number of hydrogen-bond acceptors (Lipinski definition) is 4. The molecule has 3 atom stereocenters. The average molecular weight is 750 g/mol. The fourth-order valence-electron chi connectivity index (χ4n) is 9.22. The number of allylic oxidation sites excluding steroid dienone is 9. The van der Waals surface area contributed by atoms with Crippen LogP contribution in [0.3, 0.4) is 0 Å². The molecule has 2 aliphatic carbocycles. The Morgan fingerprint density at radius 2 is 1.50 bits per heavy atom. The van der Waals surface area contributed by atoms with Crippen LogP contribution in [0.1, 0.15) is 37.3 Å². The summed E-state index contributed by atoms with van der Waals surface area (Å²) in [6, 6.07) is 50.5. The number of nitrogens with zero attached hydrogens (tertiary/aromatic N) is 3. The Morgan fingerprint density at radius 1 is 0.759 bits per heavy atom. The number of ether oxygens (including phenoxy) is 1. The number of fused-ring (bicyclic) bond motifs is 5. The summed E-state index contributed by atoms with van der Waals surface area (Å²) in [4.78, 5) is 7.27. The van der Waals surface area contributed by atoms with E-state index in [1.54, 1.807) is 6.08 Å². The van der Waals surface area contributed by atoms with E-state index >= 15 is 0 Å². The van der Waals surface area contributed by atoms with Crippen molar-refractivity contribution in [3.8, 4) is 18.1 Å². The molecule has 0 amide bonds. The highest BCUT2D eigenvalue weighted by Gasteiger charge is 2.43. The molecule has 0 saturated heterocycles. The Balaban J connectivity index is 1.09. The SMILES string of the molecule is C#C/C=C\C1=C(C)Oc2ccccc2N1c1cccc(N2c3ccccc3[C@@H]3C(N(c4ccc(C5=CC=CC(C)C5)cc4)c4cccc5ccccc45)=CC=CC32)c1. The minimum Gasteiger partial charge on any atom is -0.458 e. The molecule has 10 rings (SSSR count). The molecule has 2 aliphatic heterocycles. The van der Waals surface area contributed by atoms with Crippen molar-refractivity contribution in [3.05, 3.63) is 216 Å². The quantitative estimate of drug-likeness (QED) is 0.151. The second-order valence-electron chi connectivity index (χ2n) is 15.4. The van der Waals surface area contributed by atoms with Gasteiger partial charge in [0, 0.05) is 33.8 Å². The standard InChI is InChI=1S/C54H43N3O/c1-4-5-24-47-38(3)58-53-30-11-10-26-50(53)56(47)43-20-14-21-44(36-43)57-49-25-9-8-23-46(49)54-51(28-15-29-52(54)57)55(48-27-13-18-40-17-6-7-22-45(40)48)42-33-31-39(32-34-42)41-19-12-16-37(2)35-41/h1,5-34,36-37,52,54H,35H2,2-3H3/b24-5-/t37?,52?,54-/m1/s1. The highest BCUT2D eigenvalue weighted by Crippen LogP contribution is 2.54. The molecule has 6 aromatic rings. The Labute approximate surface area is 341 Å². The third-order valence-electron chi connectivity index (χ3n) is 11.8. The predicted molar refractivity (Wildman–Crippen MR) is 242 cm³/mol. The molecule has 0 aromatic heterocycles. The number of para-hydroxylation sites is 3. The lowest BCUT2D eigenvalue weighted by atomic mass is 9.86. The van der Waals surface area contributed by atoms with Crippen molar-refractivity contribution in [3.63, 3.8) is 0 Å². The summed E-state index contributed by atoms with van der Waals surface area (Å²) in [5.41, 5.74) is 12.7. The number of anilines is 6. The van der Waals surface area contributed by atoms with E-state index in [-0.39, 0.29) is 12.0 Å². The number of benzene rings is 6. The predicted octanol–water partition coefficient (Wildman–Crippen LogP) is 13.7. The molecule has 280 valence electrons. The van der Waals surface area contributed by atoms with Crippen molar-refractivity contribution < 1.29 is 4.74 Å². The van der Waals surface area contributed by atoms with Crippen LogP contribution in [0.15, 0.2) is 205 Å². The fourth-order valence-corrected chi connectivity index (χ4v) is 9.22. The number of rotatable bonds is 7. The maximum atomic E-state index is 6.30. The molecule has 4 heteroatoms. The largest absolute Gasteiger partial charge is 0.458 e. The van der Waals surface area contributed by atoms with Crippen LogP contribution in [-0.4, -0.2) is 6.04 Å². The summed E-state index contributed by atoms with van der Waals surface area (Å²) in [5.74, 6) is 4.85. The van der Waals surface area contributed by atoms with Crippen molar-refractivity contribution in [2.45, 2.75) is 32.2 Å². The highest BCUT2D eigenvalue weighted by molar-refractivity contribution is 5.98. The smallest absolute Gasteiger partial charge is 0.151 e. The summed E-state index contributed by atoms with van der Waals surface area (Å²) in [5, 5.41) is 2.43. The Hall–Kier alpha value is -7.22. The normalized spacial score (nSPS) is 19.3. The summed E-state index contributed by atoms with van der Waals surface area (Å²) in [7, 11) is 0. The van der Waals surface area contributed by atoms with Crippen molar-refractivity contribution >= 4 is 50.5 Å². The topological polar surface area (TPSA) is 19.0 Å². The van der Waals surface area contributed by atoms with E-state index < -0.39 is 0 Å². The first-order chi connectivity index (χ1) is 28.6. The first kappa shape index (κ1) is 35.2. The first-order valence-electron chi connectivity index (χ1n) is 20.1. The van der Waals surface area contributed by atoms with Gasteiger partial charge in [-0.15, -0.1) is 6.42 Å². The molecule has 0 spiro atoms. The molecule has 0 saturated carbocycles. The average Bonchev–Trinajstić information content (AvgIpc) is 3.61. The van der Waals surface area contributed by atoms with Gasteiger partial charge in [0.25, 0.3) is 0 Å². The van der Waals surface area contributed by atoms with Gasteiger partial charge in [0.2, 0.25) is 0 Å². The van der Waals surface area contributed by atoms with E-state index in [0.717, 1.165) is 46.4 Å². The van der Waals surface area contributed by atoms with Gasteiger partial charge in [0.1, 0.15) is 5.76 Å². The van der Waals surface area contributed by atoms with Crippen molar-refractivity contribution in [1.82, 2.24) is 0 Å². The molecule has 0 N–H and O–H groups in total. The van der Waals surface area contributed by atoms with Crippen LogP contribution < -0.4 is 19.4 Å². The van der Waals surface area contributed by atoms with Crippen LogP contribution in [-0.2, 0) is 0 Å². The van der Waals surface area contributed by atoms with Crippen LogP contribution in [0.4, 0.5) is 34.1 Å². The summed E-state index contributed by atoms with van der Waals surface area (Å²) in [6.07, 6.45) is 24.1.